The van der Waals surface area contributed by atoms with E-state index in [4.69, 9.17) is 9.52 Å². The maximum Gasteiger partial charge on any atom is 0.305 e. The summed E-state index contributed by atoms with van der Waals surface area (Å²) in [6.07, 6.45) is 2.38. The molecule has 0 radical (unpaired) electrons. The van der Waals surface area contributed by atoms with Crippen molar-refractivity contribution in [1.82, 2.24) is 5.32 Å². The molecule has 0 saturated heterocycles. The predicted octanol–water partition coefficient (Wildman–Crippen LogP) is 3.44. The zero-order chi connectivity index (χ0) is 15.7. The second-order valence-corrected chi connectivity index (χ2v) is 6.82. The van der Waals surface area contributed by atoms with Gasteiger partial charge in [-0.15, -0.1) is 11.3 Å². The summed E-state index contributed by atoms with van der Waals surface area (Å²) >= 11 is 1.35. The minimum absolute atomic E-state index is 0.0195. The van der Waals surface area contributed by atoms with Crippen LogP contribution < -0.4 is 5.32 Å². The number of nitrogens with one attached hydrogen (secondary N) is 1. The van der Waals surface area contributed by atoms with E-state index in [0.717, 1.165) is 35.7 Å². The lowest BCUT2D eigenvalue weighted by atomic mass is 9.74. The van der Waals surface area contributed by atoms with E-state index >= 15 is 0 Å². The van der Waals surface area contributed by atoms with Crippen molar-refractivity contribution in [2.45, 2.75) is 38.1 Å². The third-order valence-corrected chi connectivity index (χ3v) is 5.09. The molecule has 2 aromatic heterocycles. The largest absolute Gasteiger partial charge is 0.481 e. The number of hydrogen-bond donors (Lipinski definition) is 2. The molecule has 2 aromatic rings. The molecular formula is C16H17NO4S. The van der Waals surface area contributed by atoms with Crippen LogP contribution in [0.4, 0.5) is 0 Å². The number of carboxylic acid groups (broad SMARTS) is 1. The van der Waals surface area contributed by atoms with Gasteiger partial charge in [0.05, 0.1) is 21.7 Å². The number of thiophene rings is 1. The molecule has 1 fully saturated rings. The van der Waals surface area contributed by atoms with E-state index in [9.17, 15) is 9.59 Å². The molecule has 0 aliphatic heterocycles. The first kappa shape index (κ1) is 14.8. The average molecular weight is 319 g/mol. The third-order valence-electron chi connectivity index (χ3n) is 3.99. The van der Waals surface area contributed by atoms with Gasteiger partial charge >= 0.3 is 5.97 Å². The van der Waals surface area contributed by atoms with Crippen molar-refractivity contribution >= 4 is 23.2 Å². The Labute approximate surface area is 132 Å². The Kier molecular flexibility index (Phi) is 3.78. The quantitative estimate of drug-likeness (QED) is 0.884. The van der Waals surface area contributed by atoms with Gasteiger partial charge in [0, 0.05) is 0 Å². The van der Waals surface area contributed by atoms with Crippen molar-refractivity contribution in [3.8, 4) is 10.6 Å². The number of amides is 1. The lowest BCUT2D eigenvalue weighted by Crippen LogP contribution is -2.54. The molecule has 0 aromatic carbocycles. The lowest BCUT2D eigenvalue weighted by molar-refractivity contribution is -0.139. The molecule has 1 aliphatic rings. The molecular weight excluding hydrogens is 302 g/mol. The Morgan fingerprint density at radius 1 is 1.32 bits per heavy atom. The number of carbonyl (C=O) groups is 2. The first-order valence-electron chi connectivity index (χ1n) is 7.18. The summed E-state index contributed by atoms with van der Waals surface area (Å²) in [5.41, 5.74) is -0.575. The Morgan fingerprint density at radius 3 is 2.64 bits per heavy atom. The fourth-order valence-electron chi connectivity index (χ4n) is 2.70. The summed E-state index contributed by atoms with van der Waals surface area (Å²) in [7, 11) is 0. The van der Waals surface area contributed by atoms with Crippen molar-refractivity contribution in [3.05, 3.63) is 34.9 Å². The van der Waals surface area contributed by atoms with E-state index in [-0.39, 0.29) is 12.3 Å². The van der Waals surface area contributed by atoms with E-state index in [0.29, 0.717) is 4.88 Å². The second-order valence-electron chi connectivity index (χ2n) is 5.73. The average Bonchev–Trinajstić information content (AvgIpc) is 3.03. The predicted molar refractivity (Wildman–Crippen MR) is 83.1 cm³/mol. The normalized spacial score (nSPS) is 16.0. The van der Waals surface area contributed by atoms with Gasteiger partial charge in [-0.1, -0.05) is 0 Å². The van der Waals surface area contributed by atoms with Crippen LogP contribution in [0, 0.1) is 6.92 Å². The summed E-state index contributed by atoms with van der Waals surface area (Å²) < 4.78 is 5.55. The Balaban J connectivity index is 1.73. The van der Waals surface area contributed by atoms with Crippen LogP contribution >= 0.6 is 11.3 Å². The maximum absolute atomic E-state index is 12.4. The molecule has 1 amide bonds. The Bertz CT molecular complexity index is 711. The number of hydrogen-bond acceptors (Lipinski definition) is 4. The fraction of sp³-hybridized carbons (Fsp3) is 0.375. The Hall–Kier alpha value is -2.08. The smallest absolute Gasteiger partial charge is 0.305 e. The maximum atomic E-state index is 12.4. The number of aliphatic carboxylic acids is 1. The molecule has 6 heteroatoms. The zero-order valence-electron chi connectivity index (χ0n) is 12.2. The first-order valence-corrected chi connectivity index (χ1v) is 8.00. The minimum Gasteiger partial charge on any atom is -0.481 e. The van der Waals surface area contributed by atoms with E-state index in [1.165, 1.54) is 11.3 Å². The highest BCUT2D eigenvalue weighted by atomic mass is 32.1. The van der Waals surface area contributed by atoms with Crippen LogP contribution in [0.15, 0.2) is 28.7 Å². The SMILES string of the molecule is Cc1ccc(-c2ccc(C(=O)NC3(CC(=O)O)CCC3)s2)o1. The molecule has 22 heavy (non-hydrogen) atoms. The highest BCUT2D eigenvalue weighted by molar-refractivity contribution is 7.17. The van der Waals surface area contributed by atoms with Crippen LogP contribution in [-0.4, -0.2) is 22.5 Å². The van der Waals surface area contributed by atoms with Crippen molar-refractivity contribution in [1.29, 1.82) is 0 Å². The molecule has 2 heterocycles. The molecule has 3 rings (SSSR count). The first-order chi connectivity index (χ1) is 10.5. The number of rotatable bonds is 5. The summed E-state index contributed by atoms with van der Waals surface area (Å²) in [6, 6.07) is 7.36. The van der Waals surface area contributed by atoms with Gasteiger partial charge in [-0.05, 0) is 50.5 Å². The van der Waals surface area contributed by atoms with Gasteiger partial charge in [0.25, 0.3) is 5.91 Å². The Morgan fingerprint density at radius 2 is 2.09 bits per heavy atom. The molecule has 1 aliphatic carbocycles. The van der Waals surface area contributed by atoms with Gasteiger partial charge in [-0.2, -0.15) is 0 Å². The van der Waals surface area contributed by atoms with Gasteiger partial charge in [0.1, 0.15) is 11.5 Å². The minimum atomic E-state index is -0.877. The molecule has 0 bridgehead atoms. The van der Waals surface area contributed by atoms with Crippen molar-refractivity contribution in [2.24, 2.45) is 0 Å². The number of furan rings is 1. The third kappa shape index (κ3) is 2.92. The van der Waals surface area contributed by atoms with E-state index < -0.39 is 11.5 Å². The van der Waals surface area contributed by atoms with Crippen molar-refractivity contribution < 1.29 is 19.1 Å². The fourth-order valence-corrected chi connectivity index (χ4v) is 3.56. The topological polar surface area (TPSA) is 79.5 Å². The van der Waals surface area contributed by atoms with Crippen LogP contribution in [0.1, 0.15) is 41.1 Å². The van der Waals surface area contributed by atoms with Gasteiger partial charge in [-0.25, -0.2) is 0 Å². The molecule has 0 unspecified atom stereocenters. The van der Waals surface area contributed by atoms with E-state index in [1.54, 1.807) is 6.07 Å². The summed E-state index contributed by atoms with van der Waals surface area (Å²) in [5.74, 6) is 0.480. The summed E-state index contributed by atoms with van der Waals surface area (Å²) in [6.45, 7) is 1.87. The highest BCUT2D eigenvalue weighted by Crippen LogP contribution is 2.36. The van der Waals surface area contributed by atoms with Gasteiger partial charge in [0.15, 0.2) is 0 Å². The summed E-state index contributed by atoms with van der Waals surface area (Å²) in [5, 5.41) is 11.9. The van der Waals surface area contributed by atoms with Crippen molar-refractivity contribution in [2.75, 3.05) is 0 Å². The number of aryl methyl sites for hydroxylation is 1. The molecule has 1 saturated carbocycles. The zero-order valence-corrected chi connectivity index (χ0v) is 13.0. The molecule has 5 nitrogen and oxygen atoms in total. The monoisotopic (exact) mass is 319 g/mol. The van der Waals surface area contributed by atoms with E-state index in [1.807, 2.05) is 25.1 Å². The summed E-state index contributed by atoms with van der Waals surface area (Å²) in [4.78, 5) is 24.8. The van der Waals surface area contributed by atoms with Gasteiger partial charge in [-0.3, -0.25) is 9.59 Å². The number of carbonyl (C=O) groups excluding carboxylic acids is 1. The van der Waals surface area contributed by atoms with Crippen LogP contribution in [0.25, 0.3) is 10.6 Å². The van der Waals surface area contributed by atoms with Crippen LogP contribution in [0.3, 0.4) is 0 Å². The van der Waals surface area contributed by atoms with Crippen LogP contribution in [0.5, 0.6) is 0 Å². The van der Waals surface area contributed by atoms with Crippen LogP contribution in [0.2, 0.25) is 0 Å². The standard InChI is InChI=1S/C16H17NO4S/c1-10-3-4-11(21-10)12-5-6-13(22-12)15(20)17-16(7-2-8-16)9-14(18)19/h3-6H,2,7-9H2,1H3,(H,17,20)(H,18,19). The second kappa shape index (κ2) is 5.61. The number of carboxylic acids is 1. The van der Waals surface area contributed by atoms with Gasteiger partial charge < -0.3 is 14.8 Å². The highest BCUT2D eigenvalue weighted by Gasteiger charge is 2.40. The molecule has 116 valence electrons. The van der Waals surface area contributed by atoms with Gasteiger partial charge in [0.2, 0.25) is 0 Å². The van der Waals surface area contributed by atoms with Crippen LogP contribution in [-0.2, 0) is 4.79 Å². The van der Waals surface area contributed by atoms with E-state index in [2.05, 4.69) is 5.32 Å². The molecule has 0 spiro atoms. The molecule has 0 atom stereocenters. The molecule has 2 N–H and O–H groups in total. The van der Waals surface area contributed by atoms with Crippen molar-refractivity contribution in [3.63, 3.8) is 0 Å². The lowest BCUT2D eigenvalue weighted by Gasteiger charge is -2.41.